The van der Waals surface area contributed by atoms with Crippen LogP contribution in [0, 0.1) is 5.92 Å². The second kappa shape index (κ2) is 5.33. The van der Waals surface area contributed by atoms with Crippen LogP contribution in [-0.4, -0.2) is 29.9 Å². The Morgan fingerprint density at radius 1 is 1.19 bits per heavy atom. The zero-order valence-corrected chi connectivity index (χ0v) is 11.5. The quantitative estimate of drug-likeness (QED) is 0.926. The van der Waals surface area contributed by atoms with Gasteiger partial charge < -0.3 is 10.2 Å². The maximum absolute atomic E-state index is 12.5. The van der Waals surface area contributed by atoms with Crippen molar-refractivity contribution in [3.63, 3.8) is 0 Å². The van der Waals surface area contributed by atoms with Gasteiger partial charge in [-0.3, -0.25) is 4.79 Å². The lowest BCUT2D eigenvalue weighted by Gasteiger charge is -2.32. The van der Waals surface area contributed by atoms with Crippen molar-refractivity contribution in [3.05, 3.63) is 35.4 Å². The predicted molar refractivity (Wildman–Crippen MR) is 71.4 cm³/mol. The SMILES string of the molecule is O=C(C1CNC1)N(Cc1ccc(C(F)(F)F)cc1)C1CC1. The molecule has 2 aliphatic rings. The molecule has 0 atom stereocenters. The van der Waals surface area contributed by atoms with Gasteiger partial charge in [-0.2, -0.15) is 13.2 Å². The summed E-state index contributed by atoms with van der Waals surface area (Å²) in [6.07, 6.45) is -2.33. The highest BCUT2D eigenvalue weighted by molar-refractivity contribution is 5.80. The minimum Gasteiger partial charge on any atom is -0.335 e. The number of carbonyl (C=O) groups excluding carboxylic acids is 1. The van der Waals surface area contributed by atoms with Gasteiger partial charge in [-0.15, -0.1) is 0 Å². The van der Waals surface area contributed by atoms with Gasteiger partial charge in [-0.25, -0.2) is 0 Å². The van der Waals surface area contributed by atoms with Crippen molar-refractivity contribution in [2.24, 2.45) is 5.92 Å². The lowest BCUT2D eigenvalue weighted by atomic mass is 10.0. The van der Waals surface area contributed by atoms with E-state index in [-0.39, 0.29) is 17.9 Å². The molecule has 3 rings (SSSR count). The molecular formula is C15H17F3N2O. The van der Waals surface area contributed by atoms with Crippen LogP contribution < -0.4 is 5.32 Å². The standard InChI is InChI=1S/C15H17F3N2O/c16-15(17,18)12-3-1-10(2-4-12)9-20(13-5-6-13)14(21)11-7-19-8-11/h1-4,11,13,19H,5-9H2. The first-order valence-corrected chi connectivity index (χ1v) is 7.12. The van der Waals surface area contributed by atoms with Gasteiger partial charge in [0.15, 0.2) is 0 Å². The maximum atomic E-state index is 12.5. The van der Waals surface area contributed by atoms with Gasteiger partial charge in [-0.05, 0) is 30.5 Å². The first-order valence-electron chi connectivity index (χ1n) is 7.12. The average Bonchev–Trinajstić information content (AvgIpc) is 3.17. The smallest absolute Gasteiger partial charge is 0.335 e. The van der Waals surface area contributed by atoms with E-state index in [4.69, 9.17) is 0 Å². The molecule has 1 amide bonds. The largest absolute Gasteiger partial charge is 0.416 e. The number of alkyl halides is 3. The second-order valence-corrected chi connectivity index (χ2v) is 5.75. The van der Waals surface area contributed by atoms with Crippen molar-refractivity contribution in [1.29, 1.82) is 0 Å². The summed E-state index contributed by atoms with van der Waals surface area (Å²) in [5, 5.41) is 3.07. The number of carbonyl (C=O) groups is 1. The number of benzene rings is 1. The molecule has 0 spiro atoms. The Morgan fingerprint density at radius 2 is 1.81 bits per heavy atom. The second-order valence-electron chi connectivity index (χ2n) is 5.75. The topological polar surface area (TPSA) is 32.3 Å². The van der Waals surface area contributed by atoms with E-state index in [0.717, 1.165) is 30.5 Å². The van der Waals surface area contributed by atoms with Crippen molar-refractivity contribution >= 4 is 5.91 Å². The van der Waals surface area contributed by atoms with Crippen LogP contribution in [0.4, 0.5) is 13.2 Å². The normalized spacial score (nSPS) is 19.2. The first kappa shape index (κ1) is 14.4. The molecule has 0 aromatic heterocycles. The Bertz CT molecular complexity index is 519. The lowest BCUT2D eigenvalue weighted by Crippen LogP contribution is -2.52. The summed E-state index contributed by atoms with van der Waals surface area (Å²) in [6.45, 7) is 1.81. The highest BCUT2D eigenvalue weighted by atomic mass is 19.4. The molecule has 3 nitrogen and oxygen atoms in total. The lowest BCUT2D eigenvalue weighted by molar-refractivity contribution is -0.139. The molecule has 1 aliphatic carbocycles. The Labute approximate surface area is 121 Å². The van der Waals surface area contributed by atoms with E-state index < -0.39 is 11.7 Å². The maximum Gasteiger partial charge on any atom is 0.416 e. The van der Waals surface area contributed by atoms with E-state index in [1.54, 1.807) is 0 Å². The molecule has 0 unspecified atom stereocenters. The van der Waals surface area contributed by atoms with Crippen LogP contribution in [0.5, 0.6) is 0 Å². The zero-order valence-electron chi connectivity index (χ0n) is 11.5. The first-order chi connectivity index (χ1) is 9.95. The van der Waals surface area contributed by atoms with Crippen LogP contribution in [0.3, 0.4) is 0 Å². The highest BCUT2D eigenvalue weighted by Crippen LogP contribution is 2.32. The number of amides is 1. The monoisotopic (exact) mass is 298 g/mol. The van der Waals surface area contributed by atoms with E-state index in [1.165, 1.54) is 12.1 Å². The van der Waals surface area contributed by atoms with Gasteiger partial charge in [-0.1, -0.05) is 12.1 Å². The molecule has 1 aromatic carbocycles. The molecule has 1 aromatic rings. The van der Waals surface area contributed by atoms with Gasteiger partial charge in [0, 0.05) is 25.7 Å². The fraction of sp³-hybridized carbons (Fsp3) is 0.533. The summed E-state index contributed by atoms with van der Waals surface area (Å²) in [4.78, 5) is 14.2. The molecule has 2 fully saturated rings. The summed E-state index contributed by atoms with van der Waals surface area (Å²) < 4.78 is 37.6. The Balaban J connectivity index is 1.69. The minimum atomic E-state index is -4.32. The van der Waals surface area contributed by atoms with Crippen molar-refractivity contribution in [3.8, 4) is 0 Å². The Kier molecular flexibility index (Phi) is 3.65. The summed E-state index contributed by atoms with van der Waals surface area (Å²) in [5.74, 6) is 0.149. The van der Waals surface area contributed by atoms with Crippen LogP contribution in [0.15, 0.2) is 24.3 Å². The fourth-order valence-electron chi connectivity index (χ4n) is 2.47. The molecule has 0 radical (unpaired) electrons. The number of rotatable bonds is 4. The van der Waals surface area contributed by atoms with Crippen molar-refractivity contribution in [2.75, 3.05) is 13.1 Å². The van der Waals surface area contributed by atoms with E-state index >= 15 is 0 Å². The third-order valence-electron chi connectivity index (χ3n) is 4.04. The number of nitrogens with one attached hydrogen (secondary N) is 1. The number of hydrogen-bond donors (Lipinski definition) is 1. The van der Waals surface area contributed by atoms with Crippen LogP contribution in [0.25, 0.3) is 0 Å². The van der Waals surface area contributed by atoms with E-state index in [2.05, 4.69) is 5.32 Å². The zero-order chi connectivity index (χ0) is 15.0. The highest BCUT2D eigenvalue weighted by Gasteiger charge is 2.37. The number of hydrogen-bond acceptors (Lipinski definition) is 2. The van der Waals surface area contributed by atoms with Gasteiger partial charge >= 0.3 is 6.18 Å². The average molecular weight is 298 g/mol. The third kappa shape index (κ3) is 3.20. The summed E-state index contributed by atoms with van der Waals surface area (Å²) in [6, 6.07) is 5.35. The van der Waals surface area contributed by atoms with Crippen LogP contribution in [-0.2, 0) is 17.5 Å². The number of halogens is 3. The van der Waals surface area contributed by atoms with Gasteiger partial charge in [0.1, 0.15) is 0 Å². The molecule has 21 heavy (non-hydrogen) atoms. The van der Waals surface area contributed by atoms with Crippen molar-refractivity contribution in [1.82, 2.24) is 10.2 Å². The minimum absolute atomic E-state index is 0.0278. The van der Waals surface area contributed by atoms with Crippen LogP contribution in [0.2, 0.25) is 0 Å². The van der Waals surface area contributed by atoms with Gasteiger partial charge in [0.25, 0.3) is 0 Å². The predicted octanol–water partition coefficient (Wildman–Crippen LogP) is 2.42. The molecular weight excluding hydrogens is 281 g/mol. The molecule has 1 N–H and O–H groups in total. The molecule has 1 saturated carbocycles. The Morgan fingerprint density at radius 3 is 2.24 bits per heavy atom. The van der Waals surface area contributed by atoms with Crippen molar-refractivity contribution < 1.29 is 18.0 Å². The fourth-order valence-corrected chi connectivity index (χ4v) is 2.47. The van der Waals surface area contributed by atoms with E-state index in [0.29, 0.717) is 19.6 Å². The number of nitrogens with zero attached hydrogens (tertiary/aromatic N) is 1. The van der Waals surface area contributed by atoms with Gasteiger partial charge in [0.2, 0.25) is 5.91 Å². The van der Waals surface area contributed by atoms with Crippen LogP contribution >= 0.6 is 0 Å². The molecule has 1 saturated heterocycles. The summed E-state index contributed by atoms with van der Waals surface area (Å²) in [7, 11) is 0. The summed E-state index contributed by atoms with van der Waals surface area (Å²) in [5.41, 5.74) is 0.0919. The van der Waals surface area contributed by atoms with Gasteiger partial charge in [0.05, 0.1) is 11.5 Å². The molecule has 6 heteroatoms. The molecule has 0 bridgehead atoms. The third-order valence-corrected chi connectivity index (χ3v) is 4.04. The van der Waals surface area contributed by atoms with E-state index in [9.17, 15) is 18.0 Å². The van der Waals surface area contributed by atoms with Crippen LogP contribution in [0.1, 0.15) is 24.0 Å². The van der Waals surface area contributed by atoms with Crippen molar-refractivity contribution in [2.45, 2.75) is 31.6 Å². The summed E-state index contributed by atoms with van der Waals surface area (Å²) >= 11 is 0. The Hall–Kier alpha value is -1.56. The van der Waals surface area contributed by atoms with E-state index in [1.807, 2.05) is 4.90 Å². The molecule has 1 aliphatic heterocycles. The molecule has 114 valence electrons. The molecule has 1 heterocycles.